The third kappa shape index (κ3) is 3.75. The molecule has 1 unspecified atom stereocenters. The molecule has 2 heteroatoms. The molecule has 3 fully saturated rings. The van der Waals surface area contributed by atoms with Gasteiger partial charge in [-0.1, -0.05) is 65.5 Å². The van der Waals surface area contributed by atoms with Crippen LogP contribution in [-0.2, 0) is 0 Å². The van der Waals surface area contributed by atoms with Gasteiger partial charge in [-0.2, -0.15) is 0 Å². The Labute approximate surface area is 185 Å². The molecule has 0 spiro atoms. The molecule has 0 aromatic heterocycles. The van der Waals surface area contributed by atoms with Crippen LogP contribution in [0.2, 0.25) is 0 Å². The van der Waals surface area contributed by atoms with Gasteiger partial charge in [0.1, 0.15) is 0 Å². The highest BCUT2D eigenvalue weighted by molar-refractivity contribution is 6.21. The molecule has 1 N–H and O–H groups in total. The van der Waals surface area contributed by atoms with Crippen molar-refractivity contribution in [3.8, 4) is 0 Å². The van der Waals surface area contributed by atoms with Crippen LogP contribution in [-0.4, -0.2) is 16.6 Å². The van der Waals surface area contributed by atoms with Crippen LogP contribution in [0.5, 0.6) is 0 Å². The lowest BCUT2D eigenvalue weighted by Gasteiger charge is -2.58. The predicted molar refractivity (Wildman–Crippen MR) is 124 cm³/mol. The van der Waals surface area contributed by atoms with E-state index in [4.69, 9.17) is 11.6 Å². The maximum atomic E-state index is 10.2. The molecule has 29 heavy (non-hydrogen) atoms. The summed E-state index contributed by atoms with van der Waals surface area (Å²) in [6.45, 7) is 12.3. The van der Waals surface area contributed by atoms with Gasteiger partial charge >= 0.3 is 0 Å². The second kappa shape index (κ2) is 8.16. The summed E-state index contributed by atoms with van der Waals surface area (Å²) in [7, 11) is 0. The first-order valence-electron chi connectivity index (χ1n) is 12.7. The summed E-state index contributed by atoms with van der Waals surface area (Å²) in [4.78, 5) is 0. The predicted octanol–water partition coefficient (Wildman–Crippen LogP) is 7.61. The molecule has 0 bridgehead atoms. The first-order chi connectivity index (χ1) is 13.7. The van der Waals surface area contributed by atoms with Gasteiger partial charge in [0.05, 0.1) is 6.10 Å². The largest absolute Gasteiger partial charge is 0.393 e. The number of hydrogen-bond donors (Lipinski definition) is 1. The number of alkyl halides is 1. The van der Waals surface area contributed by atoms with E-state index in [0.29, 0.717) is 22.1 Å². The summed E-state index contributed by atoms with van der Waals surface area (Å²) >= 11 is 7.15. The van der Waals surface area contributed by atoms with Gasteiger partial charge in [0.25, 0.3) is 0 Å². The fraction of sp³-hybridized carbons (Fsp3) is 0.926. The fourth-order valence-corrected chi connectivity index (χ4v) is 9.41. The molecule has 0 saturated heterocycles. The molecular formula is C27H45ClO. The highest BCUT2D eigenvalue weighted by Crippen LogP contribution is 2.68. The van der Waals surface area contributed by atoms with Crippen LogP contribution in [0.1, 0.15) is 98.8 Å². The minimum absolute atomic E-state index is 0.102. The fourth-order valence-electron chi connectivity index (χ4n) is 8.68. The van der Waals surface area contributed by atoms with E-state index < -0.39 is 0 Å². The van der Waals surface area contributed by atoms with E-state index in [1.54, 1.807) is 5.57 Å². The number of allylic oxidation sites excluding steroid dienone is 1. The second-order valence-electron chi connectivity index (χ2n) is 12.3. The van der Waals surface area contributed by atoms with Crippen molar-refractivity contribution in [3.63, 3.8) is 0 Å². The van der Waals surface area contributed by atoms with Crippen LogP contribution in [0, 0.1) is 46.3 Å². The molecule has 0 aromatic rings. The molecule has 3 saturated carbocycles. The van der Waals surface area contributed by atoms with Crippen molar-refractivity contribution in [2.24, 2.45) is 46.3 Å². The van der Waals surface area contributed by atoms with Crippen molar-refractivity contribution < 1.29 is 5.11 Å². The van der Waals surface area contributed by atoms with Gasteiger partial charge in [0, 0.05) is 5.38 Å². The molecule has 0 aromatic carbocycles. The maximum Gasteiger partial charge on any atom is 0.0577 e. The monoisotopic (exact) mass is 420 g/mol. The molecule has 166 valence electrons. The van der Waals surface area contributed by atoms with Crippen LogP contribution >= 0.6 is 11.6 Å². The molecule has 0 aliphatic heterocycles. The van der Waals surface area contributed by atoms with E-state index in [1.165, 1.54) is 51.4 Å². The molecule has 4 rings (SSSR count). The van der Waals surface area contributed by atoms with Crippen LogP contribution < -0.4 is 0 Å². The Morgan fingerprint density at radius 2 is 1.86 bits per heavy atom. The molecule has 0 heterocycles. The van der Waals surface area contributed by atoms with Gasteiger partial charge in [-0.3, -0.25) is 0 Å². The number of halogens is 1. The Balaban J connectivity index is 1.53. The summed E-state index contributed by atoms with van der Waals surface area (Å²) in [5.41, 5.74) is 2.35. The lowest BCUT2D eigenvalue weighted by Crippen LogP contribution is -2.51. The van der Waals surface area contributed by atoms with E-state index in [0.717, 1.165) is 42.4 Å². The lowest BCUT2D eigenvalue weighted by atomic mass is 9.47. The number of hydrogen-bond acceptors (Lipinski definition) is 1. The van der Waals surface area contributed by atoms with Crippen molar-refractivity contribution >= 4 is 11.6 Å². The normalized spacial score (nSPS) is 47.9. The minimum atomic E-state index is -0.102. The Bertz CT molecular complexity index is 626. The average Bonchev–Trinajstić information content (AvgIpc) is 2.92. The van der Waals surface area contributed by atoms with Gasteiger partial charge < -0.3 is 5.11 Å². The van der Waals surface area contributed by atoms with E-state index >= 15 is 0 Å². The molecule has 0 radical (unpaired) electrons. The molecule has 1 nitrogen and oxygen atoms in total. The third-order valence-corrected chi connectivity index (χ3v) is 10.6. The van der Waals surface area contributed by atoms with Crippen molar-refractivity contribution in [3.05, 3.63) is 11.6 Å². The van der Waals surface area contributed by atoms with Crippen LogP contribution in [0.4, 0.5) is 0 Å². The first kappa shape index (κ1) is 22.2. The molecular weight excluding hydrogens is 376 g/mol. The summed E-state index contributed by atoms with van der Waals surface area (Å²) in [6, 6.07) is 0. The maximum absolute atomic E-state index is 10.2. The van der Waals surface area contributed by atoms with Crippen LogP contribution in [0.25, 0.3) is 0 Å². The van der Waals surface area contributed by atoms with Gasteiger partial charge in [0.2, 0.25) is 0 Å². The van der Waals surface area contributed by atoms with Crippen LogP contribution in [0.3, 0.4) is 0 Å². The highest BCUT2D eigenvalue weighted by Gasteiger charge is 2.61. The molecule has 4 aliphatic rings. The Morgan fingerprint density at radius 3 is 2.59 bits per heavy atom. The van der Waals surface area contributed by atoms with Crippen LogP contribution in [0.15, 0.2) is 11.6 Å². The third-order valence-electron chi connectivity index (χ3n) is 10.2. The van der Waals surface area contributed by atoms with E-state index in [1.807, 2.05) is 0 Å². The van der Waals surface area contributed by atoms with E-state index in [-0.39, 0.29) is 6.10 Å². The van der Waals surface area contributed by atoms with Gasteiger partial charge in [0.15, 0.2) is 0 Å². The van der Waals surface area contributed by atoms with Gasteiger partial charge in [-0.15, -0.1) is 11.6 Å². The minimum Gasteiger partial charge on any atom is -0.393 e. The lowest BCUT2D eigenvalue weighted by molar-refractivity contribution is -0.0571. The smallest absolute Gasteiger partial charge is 0.0577 e. The topological polar surface area (TPSA) is 20.2 Å². The standard InChI is InChI=1S/C27H45ClO/c1-17(2)7-6-8-18(3)25-24(28)16-23-21-10-9-19-15-20(29)11-13-26(19,4)22(21)12-14-27(23,25)5/h9,17-18,20-25,29H,6-8,10-16H2,1-5H3/t18-,20+,21-,22+,23+,24?,25+,26+,27+/m1/s1. The highest BCUT2D eigenvalue weighted by atomic mass is 35.5. The first-order valence-corrected chi connectivity index (χ1v) is 13.1. The SMILES string of the molecule is CC(C)CCC[C@@H](C)[C@H]1C(Cl)C[C@H]2[C@@H]3CC=C4C[C@@H](O)CC[C@]4(C)[C@H]3CC[C@]12C. The summed E-state index contributed by atoms with van der Waals surface area (Å²) in [5.74, 6) is 4.67. The van der Waals surface area contributed by atoms with Gasteiger partial charge in [-0.25, -0.2) is 0 Å². The summed E-state index contributed by atoms with van der Waals surface area (Å²) in [5, 5.41) is 10.6. The Morgan fingerprint density at radius 1 is 1.10 bits per heavy atom. The average molecular weight is 421 g/mol. The molecule has 9 atom stereocenters. The quantitative estimate of drug-likeness (QED) is 0.358. The zero-order valence-electron chi connectivity index (χ0n) is 19.6. The summed E-state index contributed by atoms with van der Waals surface area (Å²) < 4.78 is 0. The Hall–Kier alpha value is -0.0100. The molecule has 0 amide bonds. The molecule has 4 aliphatic carbocycles. The van der Waals surface area contributed by atoms with Crippen molar-refractivity contribution in [2.75, 3.05) is 0 Å². The van der Waals surface area contributed by atoms with Crippen molar-refractivity contribution in [1.82, 2.24) is 0 Å². The second-order valence-corrected chi connectivity index (χ2v) is 12.8. The zero-order chi connectivity index (χ0) is 21.0. The number of aliphatic hydroxyl groups is 1. The summed E-state index contributed by atoms with van der Waals surface area (Å²) in [6.07, 6.45) is 14.8. The van der Waals surface area contributed by atoms with Crippen molar-refractivity contribution in [1.29, 1.82) is 0 Å². The van der Waals surface area contributed by atoms with E-state index in [2.05, 4.69) is 40.7 Å². The zero-order valence-corrected chi connectivity index (χ0v) is 20.3. The Kier molecular flexibility index (Phi) is 6.24. The van der Waals surface area contributed by atoms with E-state index in [9.17, 15) is 5.11 Å². The number of fused-ring (bicyclic) bond motifs is 5. The number of aliphatic hydroxyl groups excluding tert-OH is 1. The van der Waals surface area contributed by atoms with Gasteiger partial charge in [-0.05, 0) is 91.3 Å². The number of rotatable bonds is 5. The van der Waals surface area contributed by atoms with Crippen molar-refractivity contribution in [2.45, 2.75) is 110 Å².